The van der Waals surface area contributed by atoms with Crippen LogP contribution in [0, 0.1) is 12.7 Å². The topological polar surface area (TPSA) is 81.4 Å². The van der Waals surface area contributed by atoms with Gasteiger partial charge in [-0.3, -0.25) is 4.79 Å². The van der Waals surface area contributed by atoms with Crippen LogP contribution in [0.2, 0.25) is 0 Å². The highest BCUT2D eigenvalue weighted by atomic mass is 19.1. The van der Waals surface area contributed by atoms with Crippen molar-refractivity contribution in [2.45, 2.75) is 39.7 Å². The Kier molecular flexibility index (Phi) is 5.33. The molecule has 0 spiro atoms. The molecule has 24 heavy (non-hydrogen) atoms. The summed E-state index contributed by atoms with van der Waals surface area (Å²) in [5, 5.41) is 6.26. The van der Waals surface area contributed by atoms with Crippen LogP contribution in [0.4, 0.5) is 10.1 Å². The van der Waals surface area contributed by atoms with Gasteiger partial charge in [0.1, 0.15) is 11.4 Å². The van der Waals surface area contributed by atoms with Gasteiger partial charge in [0.15, 0.2) is 11.9 Å². The Labute approximate surface area is 139 Å². The molecule has 0 aliphatic carbocycles. The summed E-state index contributed by atoms with van der Waals surface area (Å²) in [5.74, 6) is -1.35. The standard InChI is InChI=1S/C17H19FN2O4/c1-9(2)15-14(10(3)20-24-15)17(22)23-11(4)16(21)19-13-7-5-6-12(18)8-13/h5-9,11H,1-4H3,(H,19,21)/t11-/m1/s1. The number of aryl methyl sites for hydroxylation is 1. The Hall–Kier alpha value is -2.70. The first kappa shape index (κ1) is 17.7. The zero-order chi connectivity index (χ0) is 17.9. The van der Waals surface area contributed by atoms with Crippen LogP contribution in [-0.4, -0.2) is 23.1 Å². The highest BCUT2D eigenvalue weighted by Crippen LogP contribution is 2.23. The Balaban J connectivity index is 2.06. The van der Waals surface area contributed by atoms with Gasteiger partial charge >= 0.3 is 5.97 Å². The molecule has 0 radical (unpaired) electrons. The van der Waals surface area contributed by atoms with Crippen LogP contribution < -0.4 is 5.32 Å². The third-order valence-electron chi connectivity index (χ3n) is 3.36. The minimum absolute atomic E-state index is 0.0508. The number of hydrogen-bond donors (Lipinski definition) is 1. The van der Waals surface area contributed by atoms with E-state index < -0.39 is 23.8 Å². The van der Waals surface area contributed by atoms with E-state index in [-0.39, 0.29) is 17.2 Å². The minimum Gasteiger partial charge on any atom is -0.449 e. The molecule has 1 aromatic heterocycles. The van der Waals surface area contributed by atoms with Crippen molar-refractivity contribution in [1.82, 2.24) is 5.16 Å². The third-order valence-corrected chi connectivity index (χ3v) is 3.36. The quantitative estimate of drug-likeness (QED) is 0.847. The molecule has 7 heteroatoms. The van der Waals surface area contributed by atoms with Gasteiger partial charge in [-0.05, 0) is 32.0 Å². The molecular formula is C17H19FN2O4. The molecule has 1 amide bonds. The number of esters is 1. The Bertz CT molecular complexity index is 755. The number of benzene rings is 1. The first-order chi connectivity index (χ1) is 11.3. The fourth-order valence-corrected chi connectivity index (χ4v) is 2.11. The largest absolute Gasteiger partial charge is 0.449 e. The number of halogens is 1. The van der Waals surface area contributed by atoms with Crippen molar-refractivity contribution in [2.24, 2.45) is 0 Å². The van der Waals surface area contributed by atoms with Gasteiger partial charge in [-0.2, -0.15) is 0 Å². The molecule has 6 nitrogen and oxygen atoms in total. The van der Waals surface area contributed by atoms with E-state index in [0.29, 0.717) is 11.5 Å². The maximum atomic E-state index is 13.1. The lowest BCUT2D eigenvalue weighted by Crippen LogP contribution is -2.30. The van der Waals surface area contributed by atoms with Gasteiger partial charge in [-0.25, -0.2) is 9.18 Å². The van der Waals surface area contributed by atoms with Gasteiger partial charge in [0.2, 0.25) is 0 Å². The number of nitrogens with zero attached hydrogens (tertiary/aromatic N) is 1. The van der Waals surface area contributed by atoms with Crippen molar-refractivity contribution in [1.29, 1.82) is 0 Å². The maximum Gasteiger partial charge on any atom is 0.344 e. The van der Waals surface area contributed by atoms with Crippen molar-refractivity contribution in [3.63, 3.8) is 0 Å². The van der Waals surface area contributed by atoms with Crippen LogP contribution in [0.25, 0.3) is 0 Å². The summed E-state index contributed by atoms with van der Waals surface area (Å²) >= 11 is 0. The summed E-state index contributed by atoms with van der Waals surface area (Å²) in [7, 11) is 0. The number of anilines is 1. The predicted octanol–water partition coefficient (Wildman–Crippen LogP) is 3.43. The fourth-order valence-electron chi connectivity index (χ4n) is 2.11. The molecule has 0 unspecified atom stereocenters. The average Bonchev–Trinajstić information content (AvgIpc) is 2.89. The summed E-state index contributed by atoms with van der Waals surface area (Å²) in [4.78, 5) is 24.4. The summed E-state index contributed by atoms with van der Waals surface area (Å²) in [5.41, 5.74) is 0.920. The fraction of sp³-hybridized carbons (Fsp3) is 0.353. The number of carbonyl (C=O) groups is 2. The first-order valence-corrected chi connectivity index (χ1v) is 7.53. The Morgan fingerprint density at radius 2 is 2.00 bits per heavy atom. The predicted molar refractivity (Wildman–Crippen MR) is 85.2 cm³/mol. The number of rotatable bonds is 5. The van der Waals surface area contributed by atoms with Crippen molar-refractivity contribution in [3.05, 3.63) is 47.1 Å². The molecule has 128 valence electrons. The van der Waals surface area contributed by atoms with E-state index in [4.69, 9.17) is 9.26 Å². The van der Waals surface area contributed by atoms with Crippen LogP contribution in [0.1, 0.15) is 48.5 Å². The van der Waals surface area contributed by atoms with Gasteiger partial charge in [0.25, 0.3) is 5.91 Å². The molecule has 0 saturated carbocycles. The molecule has 1 aromatic carbocycles. The molecule has 0 aliphatic heterocycles. The van der Waals surface area contributed by atoms with E-state index in [0.717, 1.165) is 0 Å². The number of aromatic nitrogens is 1. The zero-order valence-corrected chi connectivity index (χ0v) is 13.9. The second-order valence-electron chi connectivity index (χ2n) is 5.71. The van der Waals surface area contributed by atoms with Crippen molar-refractivity contribution >= 4 is 17.6 Å². The summed E-state index contributed by atoms with van der Waals surface area (Å²) in [6, 6.07) is 5.45. The highest BCUT2D eigenvalue weighted by molar-refractivity contribution is 5.98. The van der Waals surface area contributed by atoms with E-state index in [9.17, 15) is 14.0 Å². The highest BCUT2D eigenvalue weighted by Gasteiger charge is 2.27. The zero-order valence-electron chi connectivity index (χ0n) is 13.9. The SMILES string of the molecule is Cc1noc(C(C)C)c1C(=O)O[C@H](C)C(=O)Nc1cccc(F)c1. The third kappa shape index (κ3) is 3.98. The van der Waals surface area contributed by atoms with Gasteiger partial charge in [0.05, 0.1) is 5.69 Å². The van der Waals surface area contributed by atoms with E-state index >= 15 is 0 Å². The van der Waals surface area contributed by atoms with Gasteiger partial charge in [0, 0.05) is 11.6 Å². The molecule has 0 saturated heterocycles. The first-order valence-electron chi connectivity index (χ1n) is 7.53. The lowest BCUT2D eigenvalue weighted by atomic mass is 10.1. The molecule has 1 N–H and O–H groups in total. The van der Waals surface area contributed by atoms with Crippen LogP contribution in [-0.2, 0) is 9.53 Å². The van der Waals surface area contributed by atoms with Gasteiger partial charge < -0.3 is 14.6 Å². The molecule has 1 heterocycles. The number of ether oxygens (including phenoxy) is 1. The molecule has 1 atom stereocenters. The van der Waals surface area contributed by atoms with Crippen LogP contribution in [0.3, 0.4) is 0 Å². The monoisotopic (exact) mass is 334 g/mol. The number of carbonyl (C=O) groups excluding carboxylic acids is 2. The summed E-state index contributed by atoms with van der Waals surface area (Å²) < 4.78 is 23.4. The van der Waals surface area contributed by atoms with E-state index in [2.05, 4.69) is 10.5 Å². The van der Waals surface area contributed by atoms with E-state index in [1.165, 1.54) is 31.2 Å². The molecule has 2 aromatic rings. The Morgan fingerprint density at radius 1 is 1.29 bits per heavy atom. The normalized spacial score (nSPS) is 12.1. The lowest BCUT2D eigenvalue weighted by molar-refractivity contribution is -0.123. The summed E-state index contributed by atoms with van der Waals surface area (Å²) in [6.45, 7) is 6.78. The molecular weight excluding hydrogens is 315 g/mol. The molecule has 0 bridgehead atoms. The van der Waals surface area contributed by atoms with E-state index in [1.54, 1.807) is 6.92 Å². The van der Waals surface area contributed by atoms with E-state index in [1.807, 2.05) is 13.8 Å². The smallest absolute Gasteiger partial charge is 0.344 e. The second kappa shape index (κ2) is 7.25. The van der Waals surface area contributed by atoms with Gasteiger partial charge in [-0.15, -0.1) is 0 Å². The van der Waals surface area contributed by atoms with Crippen molar-refractivity contribution in [3.8, 4) is 0 Å². The molecule has 0 fully saturated rings. The second-order valence-corrected chi connectivity index (χ2v) is 5.71. The van der Waals surface area contributed by atoms with Crippen LogP contribution >= 0.6 is 0 Å². The average molecular weight is 334 g/mol. The maximum absolute atomic E-state index is 13.1. The molecule has 0 aliphatic rings. The molecule has 2 rings (SSSR count). The van der Waals surface area contributed by atoms with Crippen molar-refractivity contribution < 1.29 is 23.2 Å². The van der Waals surface area contributed by atoms with Crippen LogP contribution in [0.5, 0.6) is 0 Å². The van der Waals surface area contributed by atoms with Crippen LogP contribution in [0.15, 0.2) is 28.8 Å². The lowest BCUT2D eigenvalue weighted by Gasteiger charge is -2.14. The summed E-state index contributed by atoms with van der Waals surface area (Å²) in [6.07, 6.45) is -1.06. The minimum atomic E-state index is -1.06. The number of hydrogen-bond acceptors (Lipinski definition) is 5. The van der Waals surface area contributed by atoms with Crippen molar-refractivity contribution in [2.75, 3.05) is 5.32 Å². The number of amides is 1. The van der Waals surface area contributed by atoms with Gasteiger partial charge in [-0.1, -0.05) is 25.1 Å². The Morgan fingerprint density at radius 3 is 2.62 bits per heavy atom. The number of nitrogens with one attached hydrogen (secondary N) is 1.